The summed E-state index contributed by atoms with van der Waals surface area (Å²) in [5.74, 6) is -0.300. The first-order valence-corrected chi connectivity index (χ1v) is 9.14. The van der Waals surface area contributed by atoms with Crippen LogP contribution in [0.1, 0.15) is 20.8 Å². The Balaban J connectivity index is 2.81. The van der Waals surface area contributed by atoms with Crippen LogP contribution in [0, 0.1) is 0 Å². The lowest BCUT2D eigenvalue weighted by Crippen LogP contribution is -2.25. The Morgan fingerprint density at radius 3 is 2.11 bits per heavy atom. The van der Waals surface area contributed by atoms with Crippen LogP contribution < -0.4 is 8.92 Å². The highest BCUT2D eigenvalue weighted by Gasteiger charge is 2.29. The van der Waals surface area contributed by atoms with E-state index in [4.69, 9.17) is 9.47 Å². The number of benzene rings is 1. The quantitative estimate of drug-likeness (QED) is 0.114. The van der Waals surface area contributed by atoms with Crippen LogP contribution in [0.2, 0.25) is 0 Å². The Labute approximate surface area is 158 Å². The van der Waals surface area contributed by atoms with Crippen molar-refractivity contribution in [2.24, 2.45) is 0 Å². The lowest BCUT2D eigenvalue weighted by atomic mass is 10.2. The Hall–Kier alpha value is -1.93. The molecule has 9 nitrogen and oxygen atoms in total. The predicted octanol–water partition coefficient (Wildman–Crippen LogP) is 3.93. The molecule has 27 heavy (non-hydrogen) atoms. The first-order chi connectivity index (χ1) is 12.4. The Morgan fingerprint density at radius 1 is 1.07 bits per heavy atom. The van der Waals surface area contributed by atoms with Gasteiger partial charge in [-0.2, -0.15) is 17.2 Å². The first-order valence-electron chi connectivity index (χ1n) is 6.99. The van der Waals surface area contributed by atoms with E-state index >= 15 is 0 Å². The number of ether oxygens (including phenoxy) is 2. The maximum Gasteiger partial charge on any atom is 0.514 e. The van der Waals surface area contributed by atoms with Gasteiger partial charge in [-0.3, -0.25) is 0 Å². The van der Waals surface area contributed by atoms with Gasteiger partial charge in [0.2, 0.25) is 4.24 Å². The van der Waals surface area contributed by atoms with Crippen molar-refractivity contribution in [3.63, 3.8) is 0 Å². The molecule has 0 spiro atoms. The predicted molar refractivity (Wildman–Crippen MR) is 88.9 cm³/mol. The number of carbonyl (C=O) groups is 1. The normalized spacial score (nSPS) is 11.6. The smallest absolute Gasteiger partial charge is 0.428 e. The minimum absolute atomic E-state index is 0.0210. The van der Waals surface area contributed by atoms with E-state index in [1.54, 1.807) is 20.8 Å². The van der Waals surface area contributed by atoms with Gasteiger partial charge in [0.05, 0.1) is 19.2 Å². The molecule has 0 radical (unpaired) electrons. The zero-order valence-electron chi connectivity index (χ0n) is 14.6. The van der Waals surface area contributed by atoms with Crippen molar-refractivity contribution in [2.45, 2.75) is 26.4 Å². The van der Waals surface area contributed by atoms with Gasteiger partial charge in [0.15, 0.2) is 0 Å². The fourth-order valence-electron chi connectivity index (χ4n) is 1.34. The average molecular weight is 430 g/mol. The van der Waals surface area contributed by atoms with Crippen LogP contribution in [0.3, 0.4) is 0 Å². The molecule has 152 valence electrons. The van der Waals surface area contributed by atoms with Gasteiger partial charge in [-0.15, -0.1) is 4.33 Å². The van der Waals surface area contributed by atoms with Crippen molar-refractivity contribution < 1.29 is 49.9 Å². The van der Waals surface area contributed by atoms with Crippen LogP contribution in [0.5, 0.6) is 11.5 Å². The van der Waals surface area contributed by atoms with Crippen molar-refractivity contribution in [1.82, 2.24) is 0 Å². The third-order valence-electron chi connectivity index (χ3n) is 2.21. The van der Waals surface area contributed by atoms with Gasteiger partial charge in [-0.1, -0.05) is 5.04 Å². The minimum Gasteiger partial charge on any atom is -0.428 e. The zero-order valence-corrected chi connectivity index (χ0v) is 16.2. The molecule has 0 saturated heterocycles. The summed E-state index contributed by atoms with van der Waals surface area (Å²) in [5.41, 5.74) is -0.764. The van der Waals surface area contributed by atoms with Crippen molar-refractivity contribution in [1.29, 1.82) is 0 Å². The van der Waals surface area contributed by atoms with Crippen molar-refractivity contribution in [2.75, 3.05) is 7.11 Å². The molecule has 0 saturated carbocycles. The minimum atomic E-state index is -4.92. The summed E-state index contributed by atoms with van der Waals surface area (Å²) in [7, 11) is -3.90. The fourth-order valence-corrected chi connectivity index (χ4v) is 2.69. The van der Waals surface area contributed by atoms with Gasteiger partial charge in [-0.05, 0) is 45.0 Å². The van der Waals surface area contributed by atoms with E-state index in [9.17, 15) is 22.0 Å². The van der Waals surface area contributed by atoms with Crippen LogP contribution in [-0.4, -0.2) is 27.3 Å². The molecular weight excluding hydrogens is 414 g/mol. The SMILES string of the molecule is COOOSC(=C(F)F)S(=O)(=O)Oc1ccc(OC(=O)OC(C)(C)C)cc1. The molecule has 0 heterocycles. The molecule has 0 N–H and O–H groups in total. The summed E-state index contributed by atoms with van der Waals surface area (Å²) in [6.45, 7) is 4.93. The van der Waals surface area contributed by atoms with E-state index in [-0.39, 0.29) is 23.5 Å². The fraction of sp³-hybridized carbons (Fsp3) is 0.357. The third-order valence-corrected chi connectivity index (χ3v) is 4.47. The standard InChI is InChI=1S/C14H16F2O9S2/c1-14(2,3)22-13(17)21-9-5-7-10(8-6-9)23-27(18,19)12(11(15)16)26-25-24-20-4/h5-8H,1-4H3. The Morgan fingerprint density at radius 2 is 1.63 bits per heavy atom. The van der Waals surface area contributed by atoms with Crippen molar-refractivity contribution in [3.8, 4) is 11.5 Å². The molecule has 1 rings (SSSR count). The summed E-state index contributed by atoms with van der Waals surface area (Å²) >= 11 is -0.319. The second-order valence-electron chi connectivity index (χ2n) is 5.51. The largest absolute Gasteiger partial charge is 0.514 e. The summed E-state index contributed by atoms with van der Waals surface area (Å²) in [4.78, 5) is 15.5. The van der Waals surface area contributed by atoms with Crippen molar-refractivity contribution in [3.05, 3.63) is 34.6 Å². The monoisotopic (exact) mass is 430 g/mol. The molecule has 1 aromatic carbocycles. The van der Waals surface area contributed by atoms with E-state index in [0.717, 1.165) is 19.2 Å². The molecule has 0 aliphatic carbocycles. The molecule has 0 bridgehead atoms. The molecule has 0 aliphatic heterocycles. The maximum atomic E-state index is 12.8. The molecule has 1 aromatic rings. The van der Waals surface area contributed by atoms with E-state index in [2.05, 4.69) is 18.4 Å². The third kappa shape index (κ3) is 8.53. The summed E-state index contributed by atoms with van der Waals surface area (Å²) < 4.78 is 66.3. The number of rotatable bonds is 8. The number of carbonyl (C=O) groups excluding carboxylic acids is 1. The summed E-state index contributed by atoms with van der Waals surface area (Å²) in [6, 6.07) is 4.54. The molecule has 0 aromatic heterocycles. The van der Waals surface area contributed by atoms with Crippen LogP contribution in [0.4, 0.5) is 13.6 Å². The van der Waals surface area contributed by atoms with Crippen molar-refractivity contribution >= 4 is 28.3 Å². The second kappa shape index (κ2) is 9.85. The molecule has 0 aliphatic rings. The molecule has 0 amide bonds. The summed E-state index contributed by atoms with van der Waals surface area (Å²) in [5, 5.41) is 3.86. The molecule has 0 atom stereocenters. The summed E-state index contributed by atoms with van der Waals surface area (Å²) in [6.07, 6.45) is -3.55. The van der Waals surface area contributed by atoms with Gasteiger partial charge in [0.1, 0.15) is 17.1 Å². The van der Waals surface area contributed by atoms with Crippen LogP contribution >= 0.6 is 12.0 Å². The number of hydrogen-bond acceptors (Lipinski definition) is 10. The average Bonchev–Trinajstić information content (AvgIpc) is 2.50. The Bertz CT molecular complexity index is 767. The van der Waals surface area contributed by atoms with Crippen LogP contribution in [-0.2, 0) is 29.1 Å². The molecule has 0 fully saturated rings. The highest BCUT2D eigenvalue weighted by atomic mass is 32.3. The van der Waals surface area contributed by atoms with E-state index in [0.29, 0.717) is 0 Å². The molecular formula is C14H16F2O9S2. The van der Waals surface area contributed by atoms with E-state index in [1.165, 1.54) is 12.1 Å². The van der Waals surface area contributed by atoms with E-state index < -0.39 is 32.2 Å². The van der Waals surface area contributed by atoms with E-state index in [1.807, 2.05) is 0 Å². The van der Waals surface area contributed by atoms with Crippen LogP contribution in [0.15, 0.2) is 34.6 Å². The number of hydrogen-bond donors (Lipinski definition) is 0. The highest BCUT2D eigenvalue weighted by Crippen LogP contribution is 2.31. The van der Waals surface area contributed by atoms with Crippen LogP contribution in [0.25, 0.3) is 0 Å². The zero-order chi connectivity index (χ0) is 20.7. The number of halogens is 2. The van der Waals surface area contributed by atoms with Gasteiger partial charge in [0.25, 0.3) is 0 Å². The maximum absolute atomic E-state index is 12.8. The second-order valence-corrected chi connectivity index (χ2v) is 7.96. The van der Waals surface area contributed by atoms with Gasteiger partial charge >= 0.3 is 22.4 Å². The molecule has 13 heteroatoms. The van der Waals surface area contributed by atoms with Gasteiger partial charge in [-0.25, -0.2) is 9.68 Å². The Kier molecular flexibility index (Phi) is 8.43. The van der Waals surface area contributed by atoms with Gasteiger partial charge < -0.3 is 13.7 Å². The molecule has 0 unspecified atom stereocenters. The topological polar surface area (TPSA) is 107 Å². The highest BCUT2D eigenvalue weighted by molar-refractivity contribution is 8.14. The lowest BCUT2D eigenvalue weighted by Gasteiger charge is -2.18. The lowest BCUT2D eigenvalue weighted by molar-refractivity contribution is -0.447. The van der Waals surface area contributed by atoms with Gasteiger partial charge in [0, 0.05) is 0 Å². The first kappa shape index (κ1) is 23.1.